The largest absolute Gasteiger partial charge is 0.497 e. The van der Waals surface area contributed by atoms with E-state index in [1.165, 1.54) is 0 Å². The second kappa shape index (κ2) is 9.13. The minimum atomic E-state index is -0.109. The summed E-state index contributed by atoms with van der Waals surface area (Å²) in [6, 6.07) is 15.4. The normalized spacial score (nSPS) is 11.8. The van der Waals surface area contributed by atoms with E-state index in [0.29, 0.717) is 6.54 Å². The van der Waals surface area contributed by atoms with Gasteiger partial charge < -0.3 is 19.7 Å². The van der Waals surface area contributed by atoms with E-state index in [4.69, 9.17) is 9.47 Å². The van der Waals surface area contributed by atoms with Crippen LogP contribution < -0.4 is 14.8 Å². The van der Waals surface area contributed by atoms with Crippen molar-refractivity contribution < 1.29 is 14.3 Å². The minimum Gasteiger partial charge on any atom is -0.497 e. The molecule has 0 radical (unpaired) electrons. The van der Waals surface area contributed by atoms with Crippen molar-refractivity contribution in [1.82, 2.24) is 10.2 Å². The van der Waals surface area contributed by atoms with E-state index < -0.39 is 0 Å². The molecule has 0 heterocycles. The second-order valence-electron chi connectivity index (χ2n) is 6.65. The Hall–Kier alpha value is -2.69. The summed E-state index contributed by atoms with van der Waals surface area (Å²) in [4.78, 5) is 14.3. The Morgan fingerprint density at radius 1 is 1.04 bits per heavy atom. The molecule has 140 valence electrons. The van der Waals surface area contributed by atoms with Crippen LogP contribution >= 0.6 is 0 Å². The molecule has 0 aromatic heterocycles. The van der Waals surface area contributed by atoms with Gasteiger partial charge >= 0.3 is 6.03 Å². The number of carbonyl (C=O) groups excluding carboxylic acids is 1. The summed E-state index contributed by atoms with van der Waals surface area (Å²) in [5.74, 6) is 1.85. The fraction of sp³-hybridized carbons (Fsp3) is 0.381. The molecular formula is C21H28N2O3. The van der Waals surface area contributed by atoms with Gasteiger partial charge in [0.05, 0.1) is 20.3 Å². The number of benzene rings is 2. The summed E-state index contributed by atoms with van der Waals surface area (Å²) >= 11 is 0. The van der Waals surface area contributed by atoms with Gasteiger partial charge in [-0.3, -0.25) is 0 Å². The summed E-state index contributed by atoms with van der Waals surface area (Å²) < 4.78 is 10.4. The molecule has 1 atom stereocenters. The maximum Gasteiger partial charge on any atom is 0.317 e. The molecule has 2 aromatic rings. The fourth-order valence-corrected chi connectivity index (χ4v) is 2.81. The van der Waals surface area contributed by atoms with Crippen molar-refractivity contribution >= 4 is 6.03 Å². The molecular weight excluding hydrogens is 328 g/mol. The Labute approximate surface area is 155 Å². The lowest BCUT2D eigenvalue weighted by Gasteiger charge is -2.27. The highest BCUT2D eigenvalue weighted by Gasteiger charge is 2.20. The maximum atomic E-state index is 12.7. The first-order valence-electron chi connectivity index (χ1n) is 8.73. The van der Waals surface area contributed by atoms with E-state index in [9.17, 15) is 4.79 Å². The molecule has 0 aliphatic heterocycles. The van der Waals surface area contributed by atoms with E-state index in [0.717, 1.165) is 22.6 Å². The molecule has 0 saturated heterocycles. The summed E-state index contributed by atoms with van der Waals surface area (Å²) in [5.41, 5.74) is 2.08. The van der Waals surface area contributed by atoms with Gasteiger partial charge in [0.2, 0.25) is 0 Å². The zero-order valence-electron chi connectivity index (χ0n) is 16.2. The molecule has 0 saturated carbocycles. The van der Waals surface area contributed by atoms with Gasteiger partial charge in [-0.15, -0.1) is 0 Å². The molecule has 26 heavy (non-hydrogen) atoms. The van der Waals surface area contributed by atoms with Crippen molar-refractivity contribution in [1.29, 1.82) is 0 Å². The van der Waals surface area contributed by atoms with E-state index >= 15 is 0 Å². The van der Waals surface area contributed by atoms with Crippen molar-refractivity contribution in [2.45, 2.75) is 26.4 Å². The second-order valence-corrected chi connectivity index (χ2v) is 6.65. The summed E-state index contributed by atoms with van der Waals surface area (Å²) in [6.45, 7) is 4.70. The van der Waals surface area contributed by atoms with E-state index in [-0.39, 0.29) is 18.0 Å². The molecule has 0 fully saturated rings. The van der Waals surface area contributed by atoms with Gasteiger partial charge in [-0.05, 0) is 41.3 Å². The number of methoxy groups -OCH3 is 2. The van der Waals surface area contributed by atoms with Crippen molar-refractivity contribution in [3.8, 4) is 11.5 Å². The van der Waals surface area contributed by atoms with Gasteiger partial charge in [0.1, 0.15) is 11.5 Å². The molecule has 2 amide bonds. The van der Waals surface area contributed by atoms with Crippen molar-refractivity contribution in [3.63, 3.8) is 0 Å². The highest BCUT2D eigenvalue weighted by molar-refractivity contribution is 5.74. The number of nitrogens with one attached hydrogen (secondary N) is 1. The number of rotatable bonds is 7. The highest BCUT2D eigenvalue weighted by Crippen LogP contribution is 2.24. The number of nitrogens with zero attached hydrogens (tertiary/aromatic N) is 1. The first kappa shape index (κ1) is 19.6. The standard InChI is InChI=1S/C21H28N2O3/c1-15(2)20(17-9-11-18(25-4)12-10-17)22-21(24)23(3)14-16-7-6-8-19(13-16)26-5/h6-13,15,20H,14H2,1-5H3,(H,22,24)/t20-/m1/s1. The first-order chi connectivity index (χ1) is 12.4. The average Bonchev–Trinajstić information content (AvgIpc) is 2.65. The van der Waals surface area contributed by atoms with Gasteiger partial charge in [0, 0.05) is 13.6 Å². The number of amides is 2. The van der Waals surface area contributed by atoms with Crippen LogP contribution in [0.4, 0.5) is 4.79 Å². The molecule has 0 aliphatic carbocycles. The topological polar surface area (TPSA) is 50.8 Å². The number of hydrogen-bond donors (Lipinski definition) is 1. The molecule has 0 aliphatic rings. The average molecular weight is 356 g/mol. The van der Waals surface area contributed by atoms with Crippen LogP contribution in [0, 0.1) is 5.92 Å². The Balaban J connectivity index is 2.05. The number of carbonyl (C=O) groups is 1. The van der Waals surface area contributed by atoms with Crippen LogP contribution in [0.15, 0.2) is 48.5 Å². The Kier molecular flexibility index (Phi) is 6.89. The van der Waals surface area contributed by atoms with E-state index in [1.807, 2.05) is 48.5 Å². The van der Waals surface area contributed by atoms with Gasteiger partial charge in [-0.2, -0.15) is 0 Å². The zero-order valence-corrected chi connectivity index (χ0v) is 16.2. The van der Waals surface area contributed by atoms with E-state index in [1.54, 1.807) is 26.2 Å². The van der Waals surface area contributed by atoms with Crippen molar-refractivity contribution in [3.05, 3.63) is 59.7 Å². The Bertz CT molecular complexity index is 713. The van der Waals surface area contributed by atoms with Crippen molar-refractivity contribution in [2.75, 3.05) is 21.3 Å². The van der Waals surface area contributed by atoms with Crippen molar-refractivity contribution in [2.24, 2.45) is 5.92 Å². The summed E-state index contributed by atoms with van der Waals surface area (Å²) in [7, 11) is 5.07. The lowest BCUT2D eigenvalue weighted by Crippen LogP contribution is -2.40. The van der Waals surface area contributed by atoms with Crippen LogP contribution in [-0.4, -0.2) is 32.2 Å². The number of hydrogen-bond acceptors (Lipinski definition) is 3. The monoisotopic (exact) mass is 356 g/mol. The first-order valence-corrected chi connectivity index (χ1v) is 8.73. The molecule has 0 spiro atoms. The third kappa shape index (κ3) is 5.15. The Morgan fingerprint density at radius 3 is 2.27 bits per heavy atom. The zero-order chi connectivity index (χ0) is 19.1. The van der Waals surface area contributed by atoms with E-state index in [2.05, 4.69) is 19.2 Å². The molecule has 5 nitrogen and oxygen atoms in total. The molecule has 5 heteroatoms. The quantitative estimate of drug-likeness (QED) is 0.807. The summed E-state index contributed by atoms with van der Waals surface area (Å²) in [5, 5.41) is 3.13. The van der Waals surface area contributed by atoms with Gasteiger partial charge in [0.25, 0.3) is 0 Å². The molecule has 2 aromatic carbocycles. The lowest BCUT2D eigenvalue weighted by atomic mass is 9.96. The molecule has 0 unspecified atom stereocenters. The molecule has 1 N–H and O–H groups in total. The smallest absolute Gasteiger partial charge is 0.317 e. The predicted molar refractivity (Wildman–Crippen MR) is 104 cm³/mol. The third-order valence-electron chi connectivity index (χ3n) is 4.32. The summed E-state index contributed by atoms with van der Waals surface area (Å²) in [6.07, 6.45) is 0. The number of urea groups is 1. The lowest BCUT2D eigenvalue weighted by molar-refractivity contribution is 0.198. The SMILES string of the molecule is COc1ccc([C@H](NC(=O)N(C)Cc2cccc(OC)c2)C(C)C)cc1. The fourth-order valence-electron chi connectivity index (χ4n) is 2.81. The van der Waals surface area contributed by atoms with Gasteiger partial charge in [-0.1, -0.05) is 38.1 Å². The number of ether oxygens (including phenoxy) is 2. The van der Waals surface area contributed by atoms with Crippen LogP contribution in [0.2, 0.25) is 0 Å². The third-order valence-corrected chi connectivity index (χ3v) is 4.32. The highest BCUT2D eigenvalue weighted by atomic mass is 16.5. The van der Waals surface area contributed by atoms with Crippen LogP contribution in [0.25, 0.3) is 0 Å². The maximum absolute atomic E-state index is 12.7. The van der Waals surface area contributed by atoms with Gasteiger partial charge in [0.15, 0.2) is 0 Å². The van der Waals surface area contributed by atoms with Gasteiger partial charge in [-0.25, -0.2) is 4.79 Å². The van der Waals surface area contributed by atoms with Crippen LogP contribution in [0.3, 0.4) is 0 Å². The Morgan fingerprint density at radius 2 is 1.69 bits per heavy atom. The predicted octanol–water partition coefficient (Wildman–Crippen LogP) is 4.24. The van der Waals surface area contributed by atoms with Crippen LogP contribution in [0.5, 0.6) is 11.5 Å². The van der Waals surface area contributed by atoms with Crippen LogP contribution in [-0.2, 0) is 6.54 Å². The minimum absolute atomic E-state index is 0.0684. The molecule has 0 bridgehead atoms. The molecule has 2 rings (SSSR count). The van der Waals surface area contributed by atoms with Crippen LogP contribution in [0.1, 0.15) is 31.0 Å².